The normalized spacial score (nSPS) is 11.2. The van der Waals surface area contributed by atoms with Gasteiger partial charge in [-0.2, -0.15) is 0 Å². The van der Waals surface area contributed by atoms with Gasteiger partial charge < -0.3 is 15.4 Å². The molecule has 1 rings (SSSR count). The van der Waals surface area contributed by atoms with Gasteiger partial charge in [-0.25, -0.2) is 4.79 Å². The van der Waals surface area contributed by atoms with Crippen molar-refractivity contribution >= 4 is 6.09 Å². The van der Waals surface area contributed by atoms with Gasteiger partial charge in [0.1, 0.15) is 5.60 Å². The van der Waals surface area contributed by atoms with Gasteiger partial charge in [-0.1, -0.05) is 0 Å². The van der Waals surface area contributed by atoms with E-state index in [-0.39, 0.29) is 6.09 Å². The summed E-state index contributed by atoms with van der Waals surface area (Å²) in [5, 5.41) is 6.08. The molecule has 0 aromatic carbocycles. The number of nitrogens with one attached hydrogen (secondary N) is 2. The maximum Gasteiger partial charge on any atom is 0.407 e. The van der Waals surface area contributed by atoms with Crippen LogP contribution in [0.15, 0.2) is 24.5 Å². The largest absolute Gasteiger partial charge is 0.444 e. The van der Waals surface area contributed by atoms with Gasteiger partial charge in [0.15, 0.2) is 0 Å². The summed E-state index contributed by atoms with van der Waals surface area (Å²) in [4.78, 5) is 15.4. The van der Waals surface area contributed by atoms with E-state index in [9.17, 15) is 4.79 Å². The van der Waals surface area contributed by atoms with Crippen molar-refractivity contribution in [3.05, 3.63) is 30.1 Å². The lowest BCUT2D eigenvalue weighted by molar-refractivity contribution is 0.0527. The van der Waals surface area contributed by atoms with Crippen LogP contribution in [0.4, 0.5) is 4.79 Å². The molecule has 0 spiro atoms. The van der Waals surface area contributed by atoms with Gasteiger partial charge in [0, 0.05) is 18.9 Å². The second-order valence-corrected chi connectivity index (χ2v) is 5.64. The lowest BCUT2D eigenvalue weighted by atomic mass is 10.2. The Labute approximate surface area is 121 Å². The lowest BCUT2D eigenvalue weighted by Gasteiger charge is -2.19. The average molecular weight is 279 g/mol. The Hall–Kier alpha value is -1.62. The van der Waals surface area contributed by atoms with Gasteiger partial charge in [0.25, 0.3) is 0 Å². The Morgan fingerprint density at radius 1 is 1.20 bits per heavy atom. The minimum Gasteiger partial charge on any atom is -0.444 e. The van der Waals surface area contributed by atoms with Gasteiger partial charge in [-0.3, -0.25) is 4.98 Å². The van der Waals surface area contributed by atoms with Crippen molar-refractivity contribution in [2.45, 2.75) is 39.2 Å². The second kappa shape index (κ2) is 8.53. The molecule has 0 saturated carbocycles. The number of ether oxygens (including phenoxy) is 1. The first-order valence-electron chi connectivity index (χ1n) is 7.04. The average Bonchev–Trinajstić information content (AvgIpc) is 2.37. The van der Waals surface area contributed by atoms with Crippen molar-refractivity contribution in [3.8, 4) is 0 Å². The number of nitrogens with zero attached hydrogens (tertiary/aromatic N) is 1. The molecular weight excluding hydrogens is 254 g/mol. The Balaban J connectivity index is 1.96. The Kier molecular flexibility index (Phi) is 7.01. The molecule has 0 radical (unpaired) electrons. The summed E-state index contributed by atoms with van der Waals surface area (Å²) in [5.74, 6) is 0. The molecule has 0 bridgehead atoms. The van der Waals surface area contributed by atoms with Crippen molar-refractivity contribution < 1.29 is 9.53 Å². The molecular formula is C15H25N3O2. The zero-order valence-corrected chi connectivity index (χ0v) is 12.6. The number of carbonyl (C=O) groups is 1. The molecule has 0 aliphatic rings. The molecule has 20 heavy (non-hydrogen) atoms. The second-order valence-electron chi connectivity index (χ2n) is 5.64. The minimum absolute atomic E-state index is 0.353. The number of alkyl carbamates (subject to hydrolysis) is 1. The maximum absolute atomic E-state index is 11.4. The van der Waals surface area contributed by atoms with E-state index < -0.39 is 5.60 Å². The molecule has 5 heteroatoms. The van der Waals surface area contributed by atoms with E-state index in [0.29, 0.717) is 6.54 Å². The number of hydrogen-bond donors (Lipinski definition) is 2. The number of hydrogen-bond acceptors (Lipinski definition) is 4. The third-order valence-corrected chi connectivity index (χ3v) is 2.54. The molecule has 1 aromatic heterocycles. The molecule has 2 N–H and O–H groups in total. The van der Waals surface area contributed by atoms with Crippen LogP contribution in [0.1, 0.15) is 32.8 Å². The zero-order valence-electron chi connectivity index (χ0n) is 12.6. The first kappa shape index (κ1) is 16.4. The summed E-state index contributed by atoms with van der Waals surface area (Å²) in [7, 11) is 0. The van der Waals surface area contributed by atoms with Crippen LogP contribution in [0.25, 0.3) is 0 Å². The van der Waals surface area contributed by atoms with Crippen molar-refractivity contribution in [2.75, 3.05) is 19.6 Å². The topological polar surface area (TPSA) is 63.2 Å². The number of rotatable bonds is 7. The zero-order chi connectivity index (χ0) is 14.8. The van der Waals surface area contributed by atoms with Crippen LogP contribution in [0.3, 0.4) is 0 Å². The van der Waals surface area contributed by atoms with Crippen molar-refractivity contribution in [3.63, 3.8) is 0 Å². The van der Waals surface area contributed by atoms with Gasteiger partial charge in [-0.15, -0.1) is 0 Å². The van der Waals surface area contributed by atoms with E-state index in [4.69, 9.17) is 4.74 Å². The monoisotopic (exact) mass is 279 g/mol. The van der Waals surface area contributed by atoms with Crippen LogP contribution in [0, 0.1) is 0 Å². The highest BCUT2D eigenvalue weighted by Crippen LogP contribution is 2.06. The summed E-state index contributed by atoms with van der Waals surface area (Å²) in [6, 6.07) is 4.04. The fraction of sp³-hybridized carbons (Fsp3) is 0.600. The molecule has 1 amide bonds. The van der Waals surface area contributed by atoms with Crippen molar-refractivity contribution in [2.24, 2.45) is 0 Å². The number of amides is 1. The van der Waals surface area contributed by atoms with Crippen LogP contribution in [-0.2, 0) is 11.2 Å². The third-order valence-electron chi connectivity index (χ3n) is 2.54. The molecule has 0 saturated heterocycles. The third kappa shape index (κ3) is 8.48. The van der Waals surface area contributed by atoms with Crippen LogP contribution in [0.2, 0.25) is 0 Å². The first-order valence-corrected chi connectivity index (χ1v) is 7.04. The maximum atomic E-state index is 11.4. The van der Waals surface area contributed by atoms with Crippen LogP contribution >= 0.6 is 0 Å². The summed E-state index contributed by atoms with van der Waals surface area (Å²) in [6.45, 7) is 7.99. The minimum atomic E-state index is -0.438. The predicted octanol–water partition coefficient (Wildman–Crippen LogP) is 2.13. The van der Waals surface area contributed by atoms with Gasteiger partial charge in [0.05, 0.1) is 0 Å². The van der Waals surface area contributed by atoms with Gasteiger partial charge in [0.2, 0.25) is 0 Å². The molecule has 1 aromatic rings. The molecule has 0 unspecified atom stereocenters. The summed E-state index contributed by atoms with van der Waals surface area (Å²) < 4.78 is 5.15. The van der Waals surface area contributed by atoms with Crippen molar-refractivity contribution in [1.29, 1.82) is 0 Å². The molecule has 5 nitrogen and oxygen atoms in total. The van der Waals surface area contributed by atoms with E-state index >= 15 is 0 Å². The SMILES string of the molecule is CC(C)(C)OC(=O)NCCCNCCc1ccncc1. The molecule has 0 atom stereocenters. The molecule has 0 fully saturated rings. The molecule has 1 heterocycles. The lowest BCUT2D eigenvalue weighted by Crippen LogP contribution is -2.34. The first-order chi connectivity index (χ1) is 9.47. The summed E-state index contributed by atoms with van der Waals surface area (Å²) in [6.07, 6.45) is 5.13. The van der Waals surface area contributed by atoms with E-state index in [1.54, 1.807) is 12.4 Å². The Bertz CT molecular complexity index is 388. The number of carbonyl (C=O) groups excluding carboxylic acids is 1. The Morgan fingerprint density at radius 2 is 1.90 bits per heavy atom. The van der Waals surface area contributed by atoms with Gasteiger partial charge in [-0.05, 0) is 64.4 Å². The van der Waals surface area contributed by atoms with E-state index in [1.807, 2.05) is 32.9 Å². The predicted molar refractivity (Wildman–Crippen MR) is 79.7 cm³/mol. The highest BCUT2D eigenvalue weighted by Gasteiger charge is 2.15. The van der Waals surface area contributed by atoms with Crippen LogP contribution in [0.5, 0.6) is 0 Å². The van der Waals surface area contributed by atoms with Crippen LogP contribution in [-0.4, -0.2) is 36.3 Å². The standard InChI is InChI=1S/C15H25N3O2/c1-15(2,3)20-14(19)18-9-4-8-16-10-5-13-6-11-17-12-7-13/h6-7,11-12,16H,4-5,8-10H2,1-3H3,(H,18,19). The number of pyridine rings is 1. The van der Waals surface area contributed by atoms with E-state index in [0.717, 1.165) is 25.9 Å². The summed E-state index contributed by atoms with van der Waals surface area (Å²) in [5.41, 5.74) is 0.840. The quantitative estimate of drug-likeness (QED) is 0.751. The van der Waals surface area contributed by atoms with Crippen molar-refractivity contribution in [1.82, 2.24) is 15.6 Å². The van der Waals surface area contributed by atoms with Crippen LogP contribution < -0.4 is 10.6 Å². The molecule has 0 aliphatic heterocycles. The van der Waals surface area contributed by atoms with E-state index in [2.05, 4.69) is 15.6 Å². The van der Waals surface area contributed by atoms with Gasteiger partial charge >= 0.3 is 6.09 Å². The number of aromatic nitrogens is 1. The fourth-order valence-corrected chi connectivity index (χ4v) is 1.63. The fourth-order valence-electron chi connectivity index (χ4n) is 1.63. The molecule has 0 aliphatic carbocycles. The highest BCUT2D eigenvalue weighted by atomic mass is 16.6. The molecule has 112 valence electrons. The highest BCUT2D eigenvalue weighted by molar-refractivity contribution is 5.67. The Morgan fingerprint density at radius 3 is 2.55 bits per heavy atom. The smallest absolute Gasteiger partial charge is 0.407 e. The van der Waals surface area contributed by atoms with E-state index in [1.165, 1.54) is 5.56 Å². The summed E-state index contributed by atoms with van der Waals surface area (Å²) >= 11 is 0.